The minimum Gasteiger partial charge on any atom is -0.387 e. The predicted molar refractivity (Wildman–Crippen MR) is 67.6 cm³/mol. The normalized spacial score (nSPS) is 16.2. The number of hydrogen-bond donors (Lipinski definition) is 1. The summed E-state index contributed by atoms with van der Waals surface area (Å²) in [6.07, 6.45) is -2.64. The fourth-order valence-corrected chi connectivity index (χ4v) is 7.10. The highest BCUT2D eigenvalue weighted by Gasteiger charge is 2.54. The highest BCUT2D eigenvalue weighted by molar-refractivity contribution is 6.82. The number of aliphatic hydroxyl groups is 1. The highest BCUT2D eigenvalue weighted by Crippen LogP contribution is 2.40. The molecule has 0 heterocycles. The molecule has 0 aromatic heterocycles. The van der Waals surface area contributed by atoms with Crippen molar-refractivity contribution in [3.05, 3.63) is 12.2 Å². The van der Waals surface area contributed by atoms with E-state index < -0.39 is 19.7 Å². The van der Waals surface area contributed by atoms with Gasteiger partial charge >= 0.3 is 0 Å². The Morgan fingerprint density at radius 1 is 1.25 bits per heavy atom. The van der Waals surface area contributed by atoms with Gasteiger partial charge in [-0.25, -0.2) is 8.78 Å². The maximum absolute atomic E-state index is 13.2. The maximum atomic E-state index is 13.2. The van der Waals surface area contributed by atoms with Crippen molar-refractivity contribution in [3.63, 3.8) is 0 Å². The first-order valence-electron chi connectivity index (χ1n) is 5.94. The van der Waals surface area contributed by atoms with Crippen molar-refractivity contribution in [3.8, 4) is 0 Å². The summed E-state index contributed by atoms with van der Waals surface area (Å²) in [4.78, 5) is 0. The fourth-order valence-electron chi connectivity index (χ4n) is 2.62. The molecule has 0 saturated heterocycles. The molecule has 4 heteroatoms. The molecule has 16 heavy (non-hydrogen) atoms. The average molecular weight is 250 g/mol. The average Bonchev–Trinajstić information content (AvgIpc) is 2.19. The molecule has 0 rings (SSSR count). The first-order valence-corrected chi connectivity index (χ1v) is 8.56. The van der Waals surface area contributed by atoms with Crippen LogP contribution in [0, 0.1) is 0 Å². The van der Waals surface area contributed by atoms with Crippen LogP contribution < -0.4 is 0 Å². The lowest BCUT2D eigenvalue weighted by molar-refractivity contribution is -0.0457. The summed E-state index contributed by atoms with van der Waals surface area (Å²) in [6, 6.07) is 2.07. The Balaban J connectivity index is 5.36. The Kier molecular flexibility index (Phi) is 5.83. The maximum Gasteiger partial charge on any atom is 0.264 e. The number of rotatable bonds is 7. The van der Waals surface area contributed by atoms with Crippen LogP contribution in [0.5, 0.6) is 0 Å². The van der Waals surface area contributed by atoms with Gasteiger partial charge in [0, 0.05) is 0 Å². The molecule has 0 radical (unpaired) electrons. The smallest absolute Gasteiger partial charge is 0.264 e. The molecule has 0 fully saturated rings. The topological polar surface area (TPSA) is 20.2 Å². The molecule has 0 aliphatic rings. The van der Waals surface area contributed by atoms with Gasteiger partial charge in [0.2, 0.25) is 0 Å². The van der Waals surface area contributed by atoms with Gasteiger partial charge in [-0.2, -0.15) is 0 Å². The Hall–Kier alpha value is -0.223. The van der Waals surface area contributed by atoms with Crippen molar-refractivity contribution in [1.29, 1.82) is 0 Å². The van der Waals surface area contributed by atoms with Gasteiger partial charge in [0.25, 0.3) is 6.43 Å². The lowest BCUT2D eigenvalue weighted by Crippen LogP contribution is -2.62. The Morgan fingerprint density at radius 3 is 1.81 bits per heavy atom. The summed E-state index contributed by atoms with van der Waals surface area (Å²) in [5.74, 6) is 0. The van der Waals surface area contributed by atoms with Crippen molar-refractivity contribution in [2.24, 2.45) is 0 Å². The second-order valence-electron chi connectivity index (χ2n) is 4.70. The molecule has 1 N–H and O–H groups in total. The summed E-state index contributed by atoms with van der Waals surface area (Å²) in [5, 5.41) is 8.61. The van der Waals surface area contributed by atoms with E-state index in [-0.39, 0.29) is 6.42 Å². The largest absolute Gasteiger partial charge is 0.387 e. The van der Waals surface area contributed by atoms with Crippen LogP contribution in [-0.2, 0) is 0 Å². The van der Waals surface area contributed by atoms with Crippen molar-refractivity contribution in [2.75, 3.05) is 0 Å². The van der Waals surface area contributed by atoms with Crippen LogP contribution in [0.2, 0.25) is 18.1 Å². The zero-order valence-corrected chi connectivity index (χ0v) is 11.8. The minimum atomic E-state index is -2.67. The lowest BCUT2D eigenvalue weighted by Gasteiger charge is -2.44. The fraction of sp³-hybridized carbons (Fsp3) is 0.833. The molecule has 1 atom stereocenters. The Bertz CT molecular complexity index is 231. The van der Waals surface area contributed by atoms with Gasteiger partial charge in [-0.05, 0) is 13.3 Å². The molecule has 0 amide bonds. The third kappa shape index (κ3) is 2.72. The molecule has 0 spiro atoms. The molecule has 1 nitrogen and oxygen atoms in total. The first-order chi connectivity index (χ1) is 7.29. The van der Waals surface area contributed by atoms with Crippen LogP contribution in [0.4, 0.5) is 8.78 Å². The Morgan fingerprint density at radius 2 is 1.62 bits per heavy atom. The van der Waals surface area contributed by atoms with E-state index in [0.29, 0.717) is 23.7 Å². The van der Waals surface area contributed by atoms with Gasteiger partial charge in [-0.3, -0.25) is 0 Å². The minimum absolute atomic E-state index is 0.0341. The van der Waals surface area contributed by atoms with Crippen molar-refractivity contribution in [1.82, 2.24) is 0 Å². The van der Waals surface area contributed by atoms with Crippen LogP contribution in [0.25, 0.3) is 0 Å². The Labute approximate surface area is 98.6 Å². The molecule has 0 aromatic rings. The number of halogens is 2. The number of hydrogen-bond acceptors (Lipinski definition) is 1. The highest BCUT2D eigenvalue weighted by atomic mass is 28.3. The van der Waals surface area contributed by atoms with Crippen molar-refractivity contribution < 1.29 is 13.9 Å². The van der Waals surface area contributed by atoms with E-state index in [9.17, 15) is 13.9 Å². The SMILES string of the molecule is C=C(C)CC(O)(C(F)F)[Si](CC)(CC)CC. The summed E-state index contributed by atoms with van der Waals surface area (Å²) in [7, 11) is -2.35. The predicted octanol–water partition coefficient (Wildman–Crippen LogP) is 4.00. The van der Waals surface area contributed by atoms with Gasteiger partial charge in [-0.1, -0.05) is 44.5 Å². The second-order valence-corrected chi connectivity index (χ2v) is 10.2. The van der Waals surface area contributed by atoms with E-state index in [4.69, 9.17) is 0 Å². The quantitative estimate of drug-likeness (QED) is 0.535. The molecule has 96 valence electrons. The van der Waals surface area contributed by atoms with Gasteiger partial charge in [0.05, 0.1) is 8.07 Å². The zero-order valence-electron chi connectivity index (χ0n) is 10.8. The second kappa shape index (κ2) is 5.91. The van der Waals surface area contributed by atoms with Gasteiger partial charge in [-0.15, -0.1) is 6.58 Å². The zero-order chi connectivity index (χ0) is 13.0. The summed E-state index contributed by atoms with van der Waals surface area (Å²) in [6.45, 7) is 11.1. The van der Waals surface area contributed by atoms with Crippen LogP contribution >= 0.6 is 0 Å². The van der Waals surface area contributed by atoms with Gasteiger partial charge < -0.3 is 5.11 Å². The third-order valence-corrected chi connectivity index (χ3v) is 10.2. The van der Waals surface area contributed by atoms with E-state index in [2.05, 4.69) is 6.58 Å². The summed E-state index contributed by atoms with van der Waals surface area (Å²) in [5.41, 5.74) is 0.634. The van der Waals surface area contributed by atoms with Crippen LogP contribution in [0.1, 0.15) is 34.1 Å². The van der Waals surface area contributed by atoms with Crippen molar-refractivity contribution in [2.45, 2.75) is 63.9 Å². The number of alkyl halides is 2. The molecule has 0 aliphatic heterocycles. The van der Waals surface area contributed by atoms with E-state index in [0.717, 1.165) is 0 Å². The standard InChI is InChI=1S/C12H24F2OSi/c1-6-16(7-2,8-3)12(15,11(13)14)9-10(4)5/h11,15H,4,6-9H2,1-3,5H3. The lowest BCUT2D eigenvalue weighted by atomic mass is 10.1. The molecule has 0 aromatic carbocycles. The summed E-state index contributed by atoms with van der Waals surface area (Å²) < 4.78 is 26.5. The van der Waals surface area contributed by atoms with Crippen LogP contribution in [0.3, 0.4) is 0 Å². The molecule has 1 unspecified atom stereocenters. The molecule has 0 saturated carbocycles. The van der Waals surface area contributed by atoms with E-state index in [1.54, 1.807) is 6.92 Å². The first kappa shape index (κ1) is 15.8. The van der Waals surface area contributed by atoms with Crippen LogP contribution in [-0.4, -0.2) is 24.8 Å². The molecular weight excluding hydrogens is 226 g/mol. The molecule has 0 aliphatic carbocycles. The molecule has 0 bridgehead atoms. The van der Waals surface area contributed by atoms with Crippen molar-refractivity contribution >= 4 is 8.07 Å². The van der Waals surface area contributed by atoms with Crippen LogP contribution in [0.15, 0.2) is 12.2 Å². The van der Waals surface area contributed by atoms with E-state index in [1.165, 1.54) is 0 Å². The third-order valence-electron chi connectivity index (χ3n) is 3.88. The molecular formula is C12H24F2OSi. The van der Waals surface area contributed by atoms with Gasteiger partial charge in [0.1, 0.15) is 5.22 Å². The summed E-state index contributed by atoms with van der Waals surface area (Å²) >= 11 is 0. The van der Waals surface area contributed by atoms with E-state index >= 15 is 0 Å². The van der Waals surface area contributed by atoms with E-state index in [1.807, 2.05) is 20.8 Å². The monoisotopic (exact) mass is 250 g/mol. The van der Waals surface area contributed by atoms with Gasteiger partial charge in [0.15, 0.2) is 0 Å².